The van der Waals surface area contributed by atoms with E-state index in [9.17, 15) is 18.8 Å². The van der Waals surface area contributed by atoms with Crippen LogP contribution >= 0.6 is 23.2 Å². The van der Waals surface area contributed by atoms with E-state index in [1.165, 1.54) is 18.2 Å². The van der Waals surface area contributed by atoms with E-state index >= 15 is 0 Å². The molecule has 1 heterocycles. The molecular weight excluding hydrogens is 456 g/mol. The number of halogens is 3. The highest BCUT2D eigenvalue weighted by Crippen LogP contribution is 2.30. The smallest absolute Gasteiger partial charge is 0.283 e. The average Bonchev–Trinajstić information content (AvgIpc) is 2.98. The van der Waals surface area contributed by atoms with Crippen molar-refractivity contribution in [2.45, 2.75) is 0 Å². The second kappa shape index (κ2) is 8.82. The van der Waals surface area contributed by atoms with Crippen LogP contribution in [-0.2, 0) is 9.59 Å². The molecule has 2 N–H and O–H groups in total. The fraction of sp³-hybridized carbons (Fsp3) is 0. The Balaban J connectivity index is 1.54. The molecule has 1 aliphatic rings. The predicted molar refractivity (Wildman–Crippen MR) is 121 cm³/mol. The Hall–Kier alpha value is -3.68. The molecule has 0 bridgehead atoms. The lowest BCUT2D eigenvalue weighted by atomic mass is 10.1. The summed E-state index contributed by atoms with van der Waals surface area (Å²) in [4.78, 5) is 38.8. The lowest BCUT2D eigenvalue weighted by Gasteiger charge is -2.15. The van der Waals surface area contributed by atoms with Gasteiger partial charge in [0.1, 0.15) is 16.5 Å². The fourth-order valence-electron chi connectivity index (χ4n) is 3.09. The maximum Gasteiger partial charge on any atom is 0.283 e. The first kappa shape index (κ1) is 21.5. The van der Waals surface area contributed by atoms with Gasteiger partial charge in [-0.3, -0.25) is 14.4 Å². The number of rotatable bonds is 5. The molecule has 1 aliphatic heterocycles. The molecule has 9 heteroatoms. The van der Waals surface area contributed by atoms with E-state index in [4.69, 9.17) is 23.2 Å². The molecule has 160 valence electrons. The first-order valence-corrected chi connectivity index (χ1v) is 10.1. The zero-order valence-electron chi connectivity index (χ0n) is 16.2. The normalized spacial score (nSPS) is 13.5. The van der Waals surface area contributed by atoms with Crippen LogP contribution in [0.4, 0.5) is 21.5 Å². The van der Waals surface area contributed by atoms with Crippen LogP contribution in [0.2, 0.25) is 5.02 Å². The first-order chi connectivity index (χ1) is 15.3. The minimum Gasteiger partial charge on any atom is -0.350 e. The average molecular weight is 470 g/mol. The molecule has 6 nitrogen and oxygen atoms in total. The number of carbonyl (C=O) groups is 3. The van der Waals surface area contributed by atoms with Gasteiger partial charge in [-0.05, 0) is 60.7 Å². The van der Waals surface area contributed by atoms with Crippen molar-refractivity contribution in [3.05, 3.63) is 99.9 Å². The number of nitrogens with zero attached hydrogens (tertiary/aromatic N) is 1. The van der Waals surface area contributed by atoms with Crippen LogP contribution in [0, 0.1) is 5.82 Å². The fourth-order valence-corrected chi connectivity index (χ4v) is 3.49. The van der Waals surface area contributed by atoms with Gasteiger partial charge in [-0.15, -0.1) is 0 Å². The lowest BCUT2D eigenvalue weighted by Crippen LogP contribution is -2.32. The number of anilines is 3. The Kier molecular flexibility index (Phi) is 5.94. The van der Waals surface area contributed by atoms with Gasteiger partial charge in [0.2, 0.25) is 0 Å². The van der Waals surface area contributed by atoms with Gasteiger partial charge < -0.3 is 10.6 Å². The molecular formula is C23H14Cl2FN3O3. The highest BCUT2D eigenvalue weighted by atomic mass is 35.5. The number of benzene rings is 3. The molecule has 0 aliphatic carbocycles. The van der Waals surface area contributed by atoms with Crippen molar-refractivity contribution >= 4 is 58.0 Å². The number of amides is 3. The Bertz CT molecular complexity index is 1280. The highest BCUT2D eigenvalue weighted by Gasteiger charge is 2.39. The predicted octanol–water partition coefficient (Wildman–Crippen LogP) is 5.17. The quantitative estimate of drug-likeness (QED) is 0.505. The summed E-state index contributed by atoms with van der Waals surface area (Å²) in [6, 6.07) is 17.9. The van der Waals surface area contributed by atoms with Crippen molar-refractivity contribution in [3.63, 3.8) is 0 Å². The van der Waals surface area contributed by atoms with Crippen LogP contribution in [0.15, 0.2) is 83.5 Å². The molecule has 0 radical (unpaired) electrons. The largest absolute Gasteiger partial charge is 0.350 e. The van der Waals surface area contributed by atoms with Gasteiger partial charge >= 0.3 is 0 Å². The summed E-state index contributed by atoms with van der Waals surface area (Å²) in [5, 5.41) is 5.71. The van der Waals surface area contributed by atoms with Crippen LogP contribution in [0.5, 0.6) is 0 Å². The third-order valence-electron chi connectivity index (χ3n) is 4.59. The van der Waals surface area contributed by atoms with Gasteiger partial charge in [0.25, 0.3) is 17.7 Å². The standard InChI is InChI=1S/C23H14Cl2FN3O3/c24-14-4-2-6-17(12-14)28-21(30)13-3-1-5-16(11-13)27-20-19(25)22(31)29(23(20)32)18-9-7-15(26)8-10-18/h1-12,27H,(H,28,30). The zero-order chi connectivity index (χ0) is 22.8. The van der Waals surface area contributed by atoms with Crippen molar-refractivity contribution in [1.82, 2.24) is 0 Å². The molecule has 32 heavy (non-hydrogen) atoms. The molecule has 0 saturated heterocycles. The maximum absolute atomic E-state index is 13.2. The second-order valence-corrected chi connectivity index (χ2v) is 7.60. The van der Waals surface area contributed by atoms with Gasteiger partial charge in [-0.25, -0.2) is 9.29 Å². The van der Waals surface area contributed by atoms with Crippen molar-refractivity contribution in [1.29, 1.82) is 0 Å². The molecule has 0 atom stereocenters. The van der Waals surface area contributed by atoms with Crippen molar-refractivity contribution < 1.29 is 18.8 Å². The van der Waals surface area contributed by atoms with Gasteiger partial charge in [-0.2, -0.15) is 0 Å². The first-order valence-electron chi connectivity index (χ1n) is 9.31. The summed E-state index contributed by atoms with van der Waals surface area (Å²) in [6.07, 6.45) is 0. The van der Waals surface area contributed by atoms with E-state index in [-0.39, 0.29) is 16.4 Å². The van der Waals surface area contributed by atoms with E-state index in [1.807, 2.05) is 0 Å². The molecule has 0 aromatic heterocycles. The topological polar surface area (TPSA) is 78.5 Å². The molecule has 3 amide bonds. The van der Waals surface area contributed by atoms with Crippen LogP contribution in [0.1, 0.15) is 10.4 Å². The lowest BCUT2D eigenvalue weighted by molar-refractivity contribution is -0.120. The Morgan fingerprint density at radius 2 is 1.53 bits per heavy atom. The number of hydrogen-bond donors (Lipinski definition) is 2. The Morgan fingerprint density at radius 3 is 2.25 bits per heavy atom. The van der Waals surface area contributed by atoms with E-state index in [0.29, 0.717) is 22.0 Å². The SMILES string of the molecule is O=C(Nc1cccc(Cl)c1)c1cccc(NC2=C(Cl)C(=O)N(c3ccc(F)cc3)C2=O)c1. The number of carbonyl (C=O) groups excluding carboxylic acids is 3. The summed E-state index contributed by atoms with van der Waals surface area (Å²) in [6.45, 7) is 0. The van der Waals surface area contributed by atoms with Crippen molar-refractivity contribution in [3.8, 4) is 0 Å². The van der Waals surface area contributed by atoms with Crippen molar-refractivity contribution in [2.75, 3.05) is 15.5 Å². The molecule has 0 unspecified atom stereocenters. The van der Waals surface area contributed by atoms with Crippen LogP contribution < -0.4 is 15.5 Å². The Labute approximate surface area is 192 Å². The monoisotopic (exact) mass is 469 g/mol. The van der Waals surface area contributed by atoms with E-state index in [2.05, 4.69) is 10.6 Å². The minimum absolute atomic E-state index is 0.145. The third kappa shape index (κ3) is 4.34. The van der Waals surface area contributed by atoms with E-state index in [1.54, 1.807) is 42.5 Å². The van der Waals surface area contributed by atoms with E-state index in [0.717, 1.165) is 17.0 Å². The van der Waals surface area contributed by atoms with Crippen LogP contribution in [0.3, 0.4) is 0 Å². The molecule has 0 spiro atoms. The van der Waals surface area contributed by atoms with E-state index < -0.39 is 23.5 Å². The second-order valence-electron chi connectivity index (χ2n) is 6.78. The minimum atomic E-state index is -0.736. The van der Waals surface area contributed by atoms with Crippen LogP contribution in [0.25, 0.3) is 0 Å². The summed E-state index contributed by atoms with van der Waals surface area (Å²) < 4.78 is 13.2. The van der Waals surface area contributed by atoms with Gasteiger partial charge in [0.15, 0.2) is 0 Å². The molecule has 3 aromatic carbocycles. The van der Waals surface area contributed by atoms with Gasteiger partial charge in [0.05, 0.1) is 5.69 Å². The third-order valence-corrected chi connectivity index (χ3v) is 5.17. The Morgan fingerprint density at radius 1 is 0.844 bits per heavy atom. The summed E-state index contributed by atoms with van der Waals surface area (Å²) >= 11 is 12.0. The molecule has 0 saturated carbocycles. The summed E-state index contributed by atoms with van der Waals surface area (Å²) in [5.41, 5.74) is 1.25. The summed E-state index contributed by atoms with van der Waals surface area (Å²) in [7, 11) is 0. The summed E-state index contributed by atoms with van der Waals surface area (Å²) in [5.74, 6) is -2.32. The number of imide groups is 1. The van der Waals surface area contributed by atoms with Crippen LogP contribution in [-0.4, -0.2) is 17.7 Å². The van der Waals surface area contributed by atoms with Gasteiger partial charge in [-0.1, -0.05) is 35.3 Å². The zero-order valence-corrected chi connectivity index (χ0v) is 17.7. The number of hydrogen-bond acceptors (Lipinski definition) is 4. The van der Waals surface area contributed by atoms with Crippen molar-refractivity contribution in [2.24, 2.45) is 0 Å². The molecule has 3 aromatic rings. The highest BCUT2D eigenvalue weighted by molar-refractivity contribution is 6.53. The number of nitrogens with one attached hydrogen (secondary N) is 2. The maximum atomic E-state index is 13.2. The van der Waals surface area contributed by atoms with Gasteiger partial charge in [0, 0.05) is 22.0 Å². The molecule has 4 rings (SSSR count). The molecule has 0 fully saturated rings.